The van der Waals surface area contributed by atoms with Gasteiger partial charge in [-0.2, -0.15) is 9.50 Å². The third kappa shape index (κ3) is 1.84. The number of nitrogens with zero attached hydrogens (tertiary/aromatic N) is 4. The van der Waals surface area contributed by atoms with Gasteiger partial charge in [0.25, 0.3) is 0 Å². The van der Waals surface area contributed by atoms with Gasteiger partial charge < -0.3 is 5.73 Å². The van der Waals surface area contributed by atoms with Gasteiger partial charge in [-0.15, -0.1) is 5.10 Å². The van der Waals surface area contributed by atoms with E-state index in [-0.39, 0.29) is 5.95 Å². The highest BCUT2D eigenvalue weighted by atomic mass is 127. The molecule has 2 aromatic heterocycles. The predicted octanol–water partition coefficient (Wildman–Crippen LogP) is 1.98. The molecule has 5 nitrogen and oxygen atoms in total. The lowest BCUT2D eigenvalue weighted by atomic mass is 10.2. The summed E-state index contributed by atoms with van der Waals surface area (Å²) < 4.78 is 2.80. The van der Waals surface area contributed by atoms with Crippen molar-refractivity contribution >= 4 is 34.2 Å². The first-order chi connectivity index (χ1) is 8.24. The van der Waals surface area contributed by atoms with Crippen LogP contribution < -0.4 is 5.73 Å². The van der Waals surface area contributed by atoms with Crippen molar-refractivity contribution in [3.8, 4) is 11.4 Å². The minimum absolute atomic E-state index is 0.255. The number of fused-ring (bicyclic) bond motifs is 1. The van der Waals surface area contributed by atoms with Gasteiger partial charge in [-0.25, -0.2) is 4.98 Å². The molecule has 0 saturated heterocycles. The molecule has 0 atom stereocenters. The highest BCUT2D eigenvalue weighted by Crippen LogP contribution is 2.19. The Morgan fingerprint density at radius 2 is 2.12 bits per heavy atom. The largest absolute Gasteiger partial charge is 0.366 e. The van der Waals surface area contributed by atoms with Crippen LogP contribution in [0.3, 0.4) is 0 Å². The summed E-state index contributed by atoms with van der Waals surface area (Å²) in [6, 6.07) is 9.82. The Bertz CT molecular complexity index is 691. The molecule has 0 unspecified atom stereocenters. The molecule has 3 aromatic rings. The average Bonchev–Trinajstić information content (AvgIpc) is 2.68. The second-order valence-corrected chi connectivity index (χ2v) is 4.76. The van der Waals surface area contributed by atoms with Crippen LogP contribution in [0, 0.1) is 3.57 Å². The highest BCUT2D eigenvalue weighted by molar-refractivity contribution is 14.1. The fourth-order valence-corrected chi connectivity index (χ4v) is 2.20. The fourth-order valence-electron chi connectivity index (χ4n) is 1.66. The molecule has 0 radical (unpaired) electrons. The summed E-state index contributed by atoms with van der Waals surface area (Å²) in [5.74, 6) is 0.995. The molecular weight excluding hydrogens is 329 g/mol. The van der Waals surface area contributed by atoms with Gasteiger partial charge in [0.2, 0.25) is 5.95 Å². The van der Waals surface area contributed by atoms with Gasteiger partial charge in [-0.1, -0.05) is 12.1 Å². The number of anilines is 1. The first-order valence-corrected chi connectivity index (χ1v) is 6.05. The number of hydrogen-bond donors (Lipinski definition) is 1. The first-order valence-electron chi connectivity index (χ1n) is 4.97. The summed E-state index contributed by atoms with van der Waals surface area (Å²) in [4.78, 5) is 8.44. The highest BCUT2D eigenvalue weighted by Gasteiger charge is 2.08. The van der Waals surface area contributed by atoms with E-state index >= 15 is 0 Å². The van der Waals surface area contributed by atoms with Gasteiger partial charge in [0.1, 0.15) is 0 Å². The van der Waals surface area contributed by atoms with Crippen molar-refractivity contribution < 1.29 is 0 Å². The van der Waals surface area contributed by atoms with Crippen LogP contribution >= 0.6 is 22.6 Å². The maximum absolute atomic E-state index is 5.60. The van der Waals surface area contributed by atoms with E-state index in [9.17, 15) is 0 Å². The van der Waals surface area contributed by atoms with Crippen LogP contribution in [0.15, 0.2) is 36.5 Å². The van der Waals surface area contributed by atoms with E-state index in [1.165, 1.54) is 0 Å². The lowest BCUT2D eigenvalue weighted by Crippen LogP contribution is -1.97. The molecule has 0 fully saturated rings. The molecule has 3 rings (SSSR count). The zero-order valence-corrected chi connectivity index (χ0v) is 10.9. The summed E-state index contributed by atoms with van der Waals surface area (Å²) in [7, 11) is 0. The summed E-state index contributed by atoms with van der Waals surface area (Å²) in [6.07, 6.45) is 1.71. The van der Waals surface area contributed by atoms with Crippen molar-refractivity contribution in [3.05, 3.63) is 40.1 Å². The molecular formula is C11H8IN5. The Morgan fingerprint density at radius 3 is 2.94 bits per heavy atom. The van der Waals surface area contributed by atoms with E-state index in [0.717, 1.165) is 15.0 Å². The molecule has 2 heterocycles. The molecule has 0 saturated carbocycles. The van der Waals surface area contributed by atoms with Crippen molar-refractivity contribution in [2.75, 3.05) is 5.73 Å². The summed E-state index contributed by atoms with van der Waals surface area (Å²) >= 11 is 2.26. The molecule has 0 aliphatic carbocycles. The monoisotopic (exact) mass is 337 g/mol. The minimum Gasteiger partial charge on any atom is -0.366 e. The van der Waals surface area contributed by atoms with Gasteiger partial charge in [-0.05, 0) is 34.7 Å². The van der Waals surface area contributed by atoms with Crippen molar-refractivity contribution in [2.45, 2.75) is 0 Å². The molecule has 0 amide bonds. The molecule has 84 valence electrons. The molecule has 17 heavy (non-hydrogen) atoms. The van der Waals surface area contributed by atoms with Crippen LogP contribution in [0.5, 0.6) is 0 Å². The number of nitrogen functional groups attached to an aromatic ring is 1. The Kier molecular flexibility index (Phi) is 2.43. The molecule has 0 aliphatic rings. The van der Waals surface area contributed by atoms with Crippen LogP contribution in [-0.2, 0) is 0 Å². The lowest BCUT2D eigenvalue weighted by molar-refractivity contribution is 0.939. The first kappa shape index (κ1) is 10.5. The van der Waals surface area contributed by atoms with Crippen molar-refractivity contribution in [2.24, 2.45) is 0 Å². The normalized spacial score (nSPS) is 10.9. The van der Waals surface area contributed by atoms with Gasteiger partial charge in [0, 0.05) is 21.4 Å². The minimum atomic E-state index is 0.255. The number of halogens is 1. The quantitative estimate of drug-likeness (QED) is 0.690. The third-order valence-corrected chi connectivity index (χ3v) is 3.02. The molecule has 0 aliphatic heterocycles. The maximum Gasteiger partial charge on any atom is 0.240 e. The van der Waals surface area contributed by atoms with Crippen molar-refractivity contribution in [1.29, 1.82) is 0 Å². The number of rotatable bonds is 1. The number of hydrogen-bond acceptors (Lipinski definition) is 4. The smallest absolute Gasteiger partial charge is 0.240 e. The van der Waals surface area contributed by atoms with Gasteiger partial charge in [-0.3, -0.25) is 0 Å². The SMILES string of the molecule is Nc1nc2ccnc(-c3cccc(I)c3)n2n1. The van der Waals surface area contributed by atoms with E-state index in [0.29, 0.717) is 5.65 Å². The Labute approximate surface area is 111 Å². The van der Waals surface area contributed by atoms with E-state index < -0.39 is 0 Å². The lowest BCUT2D eigenvalue weighted by Gasteiger charge is -2.02. The number of aromatic nitrogens is 4. The molecule has 2 N–H and O–H groups in total. The van der Waals surface area contributed by atoms with Gasteiger partial charge in [0.15, 0.2) is 11.5 Å². The Morgan fingerprint density at radius 1 is 1.24 bits per heavy atom. The van der Waals surface area contributed by atoms with Crippen LogP contribution in [0.4, 0.5) is 5.95 Å². The second kappa shape index (κ2) is 3.95. The van der Waals surface area contributed by atoms with Crippen molar-refractivity contribution in [1.82, 2.24) is 19.6 Å². The predicted molar refractivity (Wildman–Crippen MR) is 73.3 cm³/mol. The number of nitrogens with two attached hydrogens (primary N) is 1. The summed E-state index contributed by atoms with van der Waals surface area (Å²) in [5, 5.41) is 4.14. The van der Waals surface area contributed by atoms with E-state index in [2.05, 4.69) is 37.7 Å². The van der Waals surface area contributed by atoms with Crippen LogP contribution in [0.25, 0.3) is 17.0 Å². The fraction of sp³-hybridized carbons (Fsp3) is 0. The molecule has 1 aromatic carbocycles. The van der Waals surface area contributed by atoms with Crippen LogP contribution in [0.1, 0.15) is 0 Å². The number of benzene rings is 1. The van der Waals surface area contributed by atoms with E-state index in [1.54, 1.807) is 16.8 Å². The average molecular weight is 337 g/mol. The van der Waals surface area contributed by atoms with E-state index in [1.807, 2.05) is 24.3 Å². The summed E-state index contributed by atoms with van der Waals surface area (Å²) in [6.45, 7) is 0. The topological polar surface area (TPSA) is 69.1 Å². The molecule has 0 bridgehead atoms. The Balaban J connectivity index is 2.30. The summed E-state index contributed by atoms with van der Waals surface area (Å²) in [5.41, 5.74) is 7.29. The second-order valence-electron chi connectivity index (χ2n) is 3.52. The molecule has 0 spiro atoms. The zero-order chi connectivity index (χ0) is 11.8. The standard InChI is InChI=1S/C11H8IN5/c12-8-3-1-2-7(6-8)10-14-5-4-9-15-11(13)16-17(9)10/h1-6H,(H2,13,16). The molecule has 6 heteroatoms. The zero-order valence-electron chi connectivity index (χ0n) is 8.71. The Hall–Kier alpha value is -1.70. The van der Waals surface area contributed by atoms with E-state index in [4.69, 9.17) is 5.73 Å². The van der Waals surface area contributed by atoms with Gasteiger partial charge >= 0.3 is 0 Å². The van der Waals surface area contributed by atoms with Gasteiger partial charge in [0.05, 0.1) is 0 Å². The van der Waals surface area contributed by atoms with Crippen LogP contribution in [-0.4, -0.2) is 19.6 Å². The van der Waals surface area contributed by atoms with Crippen LogP contribution in [0.2, 0.25) is 0 Å². The van der Waals surface area contributed by atoms with Crippen molar-refractivity contribution in [3.63, 3.8) is 0 Å². The third-order valence-electron chi connectivity index (χ3n) is 2.35. The maximum atomic E-state index is 5.60.